The lowest BCUT2D eigenvalue weighted by Crippen LogP contribution is -2.55. The molecule has 5 aromatic rings. The number of pyridine rings is 1. The monoisotopic (exact) mass is 1010 g/mol. The summed E-state index contributed by atoms with van der Waals surface area (Å²) in [6.45, 7) is 12.6. The van der Waals surface area contributed by atoms with Crippen molar-refractivity contribution >= 4 is 55.4 Å². The number of nitrogens with zero attached hydrogens (tertiary/aromatic N) is 7. The van der Waals surface area contributed by atoms with Crippen LogP contribution < -0.4 is 29.3 Å². The third kappa shape index (κ3) is 9.04. The molecule has 12 rings (SSSR count). The summed E-state index contributed by atoms with van der Waals surface area (Å²) >= 11 is 0. The summed E-state index contributed by atoms with van der Waals surface area (Å²) in [7, 11) is -2.61. The van der Waals surface area contributed by atoms with Crippen LogP contribution in [0.2, 0.25) is 0 Å². The van der Waals surface area contributed by atoms with Gasteiger partial charge >= 0.3 is 0 Å². The number of H-pyrrole nitrogens is 1. The number of likely N-dealkylation sites (tertiary alicyclic amines) is 1. The Bertz CT molecular complexity index is 3030. The largest absolute Gasteiger partial charge is 0.489 e. The first kappa shape index (κ1) is 48.0. The Balaban J connectivity index is 0.825. The minimum absolute atomic E-state index is 0.0362. The number of hydrogen-bond donors (Lipinski definition) is 3. The number of amides is 1. The van der Waals surface area contributed by atoms with E-state index in [0.29, 0.717) is 67.1 Å². The average molecular weight is 1020 g/mol. The number of benzene rings is 3. The number of ether oxygens (including phenoxy) is 3. The maximum atomic E-state index is 14.8. The normalized spacial score (nSPS) is 24.5. The van der Waals surface area contributed by atoms with E-state index < -0.39 is 37.5 Å². The molecule has 386 valence electrons. The smallest absolute Gasteiger partial charge is 0.297 e. The summed E-state index contributed by atoms with van der Waals surface area (Å²) < 4.78 is 49.6. The number of likely N-dealkylation sites (N-methyl/N-ethyl adjacent to an activating group) is 1. The van der Waals surface area contributed by atoms with E-state index in [4.69, 9.17) is 19.2 Å². The van der Waals surface area contributed by atoms with E-state index in [1.807, 2.05) is 30.5 Å². The highest BCUT2D eigenvalue weighted by Gasteiger charge is 2.50. The first-order valence-corrected chi connectivity index (χ1v) is 27.7. The predicted octanol–water partition coefficient (Wildman–Crippen LogP) is 7.41. The van der Waals surface area contributed by atoms with Crippen molar-refractivity contribution in [3.8, 4) is 11.6 Å². The van der Waals surface area contributed by atoms with Crippen LogP contribution in [0.15, 0.2) is 77.8 Å². The van der Waals surface area contributed by atoms with Crippen molar-refractivity contribution < 1.29 is 32.3 Å². The van der Waals surface area contributed by atoms with E-state index in [1.54, 1.807) is 6.07 Å². The molecule has 0 radical (unpaired) electrons. The SMILES string of the molecule is CC(C)c1ccccc1[C@@H]1CCCN1C1CC2(CCN(c3ccc(C(=O)NS(=O)(=O)c4cc5c(c([N+](=O)[O-])c4)N[C@@H](CN4CCN(C)CC4)CO5)c(N4c5cc6cc[nH]c6nc5O[C@@H]5COCC[C@H]54)c3)CC2)C1. The summed E-state index contributed by atoms with van der Waals surface area (Å²) in [4.78, 5) is 46.2. The lowest BCUT2D eigenvalue weighted by molar-refractivity contribution is -0.384. The van der Waals surface area contributed by atoms with Crippen LogP contribution in [0.1, 0.15) is 92.2 Å². The van der Waals surface area contributed by atoms with Gasteiger partial charge in [0.1, 0.15) is 24.0 Å². The molecule has 73 heavy (non-hydrogen) atoms. The fraction of sp³-hybridized carbons (Fsp3) is 0.519. The van der Waals surface area contributed by atoms with Gasteiger partial charge in [0.25, 0.3) is 21.6 Å². The van der Waals surface area contributed by atoms with Crippen molar-refractivity contribution in [3.05, 3.63) is 99.7 Å². The first-order chi connectivity index (χ1) is 35.3. The van der Waals surface area contributed by atoms with Gasteiger partial charge in [0.15, 0.2) is 11.4 Å². The van der Waals surface area contributed by atoms with Crippen LogP contribution in [-0.2, 0) is 14.8 Å². The van der Waals surface area contributed by atoms with E-state index >= 15 is 0 Å². The molecule has 3 aromatic carbocycles. The van der Waals surface area contributed by atoms with E-state index in [1.165, 1.54) is 42.9 Å². The van der Waals surface area contributed by atoms with Crippen LogP contribution in [0, 0.1) is 15.5 Å². The third-order valence-electron chi connectivity index (χ3n) is 17.0. The van der Waals surface area contributed by atoms with Gasteiger partial charge in [-0.2, -0.15) is 4.98 Å². The standard InChI is InChI=1S/C54H66N10O8S/c1-34(2)40-7-4-5-8-41(40)43-9-6-17-62(43)38-29-54(30-38)14-18-61(19-15-54)37-10-11-42(45(26-37)63-44-13-24-70-33-49(44)72-53-47(63)25-35-12-16-55-51(35)57-53)52(65)58-73(68,69)39-27-46(64(66)67)50-48(28-39)71-32-36(56-50)31-60-22-20-59(3)21-23-60/h4-5,7-8,10-12,16,25-28,34,36,38,43-44,49,56H,6,9,13-15,17-24,29-33H2,1-3H3,(H,55,57)(H,58,65)/t36-,43-,44+,49+/m0/s1. The zero-order valence-electron chi connectivity index (χ0n) is 41.9. The Hall–Kier alpha value is -5.99. The summed E-state index contributed by atoms with van der Waals surface area (Å²) in [5, 5.41) is 16.7. The molecule has 1 amide bonds. The molecule has 2 aromatic heterocycles. The summed E-state index contributed by atoms with van der Waals surface area (Å²) in [6.07, 6.45) is 8.92. The Labute approximate surface area is 426 Å². The number of hydrogen-bond acceptors (Lipinski definition) is 15. The number of rotatable bonds is 11. The van der Waals surface area contributed by atoms with Gasteiger partial charge in [-0.3, -0.25) is 24.7 Å². The van der Waals surface area contributed by atoms with E-state index in [2.05, 4.69) is 84.7 Å². The molecule has 0 bridgehead atoms. The Morgan fingerprint density at radius 2 is 1.77 bits per heavy atom. The molecule has 7 aliphatic rings. The van der Waals surface area contributed by atoms with Gasteiger partial charge in [-0.25, -0.2) is 13.1 Å². The highest BCUT2D eigenvalue weighted by atomic mass is 32.2. The van der Waals surface area contributed by atoms with Gasteiger partial charge in [0.2, 0.25) is 5.88 Å². The first-order valence-electron chi connectivity index (χ1n) is 26.2. The number of piperidine rings is 1. The van der Waals surface area contributed by atoms with Crippen LogP contribution in [0.4, 0.5) is 28.4 Å². The highest BCUT2D eigenvalue weighted by Crippen LogP contribution is 2.55. The quantitative estimate of drug-likeness (QED) is 0.0875. The fourth-order valence-corrected chi connectivity index (χ4v) is 14.0. The number of fused-ring (bicyclic) bond motifs is 4. The van der Waals surface area contributed by atoms with Gasteiger partial charge in [0, 0.05) is 93.9 Å². The van der Waals surface area contributed by atoms with Gasteiger partial charge < -0.3 is 39.2 Å². The molecule has 1 aliphatic carbocycles. The maximum absolute atomic E-state index is 14.8. The van der Waals surface area contributed by atoms with E-state index in [9.17, 15) is 23.3 Å². The van der Waals surface area contributed by atoms with Crippen molar-refractivity contribution in [1.82, 2.24) is 29.4 Å². The Morgan fingerprint density at radius 1 is 0.959 bits per heavy atom. The molecule has 1 spiro atoms. The molecule has 4 saturated heterocycles. The lowest BCUT2D eigenvalue weighted by Gasteiger charge is -2.56. The molecule has 4 atom stereocenters. The molecular formula is C54H66N10O8S. The van der Waals surface area contributed by atoms with E-state index in [-0.39, 0.29) is 41.1 Å². The second kappa shape index (κ2) is 19.1. The average Bonchev–Trinajstić information content (AvgIpc) is 4.07. The highest BCUT2D eigenvalue weighted by molar-refractivity contribution is 7.90. The molecule has 0 unspecified atom stereocenters. The number of piperazine rings is 1. The minimum atomic E-state index is -4.69. The minimum Gasteiger partial charge on any atom is -0.489 e. The number of aromatic nitrogens is 2. The molecule has 1 saturated carbocycles. The van der Waals surface area contributed by atoms with Crippen LogP contribution in [0.5, 0.6) is 11.6 Å². The number of nitro groups is 1. The molecule has 5 fully saturated rings. The van der Waals surface area contributed by atoms with Crippen molar-refractivity contribution in [1.29, 1.82) is 0 Å². The van der Waals surface area contributed by atoms with Crippen molar-refractivity contribution in [2.75, 3.05) is 94.3 Å². The van der Waals surface area contributed by atoms with Crippen LogP contribution in [-0.4, -0.2) is 147 Å². The Kier molecular flexibility index (Phi) is 12.5. The van der Waals surface area contributed by atoms with Gasteiger partial charge in [-0.15, -0.1) is 0 Å². The summed E-state index contributed by atoms with van der Waals surface area (Å²) in [5.74, 6) is 0.0180. The molecule has 19 heteroatoms. The molecule has 6 aliphatic heterocycles. The van der Waals surface area contributed by atoms with Crippen molar-refractivity contribution in [2.24, 2.45) is 5.41 Å². The van der Waals surface area contributed by atoms with Gasteiger partial charge in [-0.05, 0) is 111 Å². The molecular weight excluding hydrogens is 949 g/mol. The van der Waals surface area contributed by atoms with E-state index in [0.717, 1.165) is 75.8 Å². The Morgan fingerprint density at radius 3 is 2.56 bits per heavy atom. The molecule has 8 heterocycles. The predicted molar refractivity (Wildman–Crippen MR) is 279 cm³/mol. The molecule has 18 nitrogen and oxygen atoms in total. The summed E-state index contributed by atoms with van der Waals surface area (Å²) in [5.41, 5.74) is 5.76. The van der Waals surface area contributed by atoms with Crippen LogP contribution in [0.25, 0.3) is 11.0 Å². The second-order valence-corrected chi connectivity index (χ2v) is 23.6. The number of carbonyl (C=O) groups is 1. The zero-order valence-corrected chi connectivity index (χ0v) is 42.7. The number of carbonyl (C=O) groups excluding carboxylic acids is 1. The third-order valence-corrected chi connectivity index (χ3v) is 18.3. The van der Waals surface area contributed by atoms with Gasteiger partial charge in [0.05, 0.1) is 39.8 Å². The topological polar surface area (TPSA) is 191 Å². The lowest BCUT2D eigenvalue weighted by atomic mass is 9.59. The second-order valence-electron chi connectivity index (χ2n) is 21.9. The fourth-order valence-electron chi connectivity index (χ4n) is 13.0. The van der Waals surface area contributed by atoms with Crippen molar-refractivity contribution in [3.63, 3.8) is 0 Å². The number of nitrogens with one attached hydrogen (secondary N) is 3. The number of anilines is 4. The zero-order chi connectivity index (χ0) is 50.2. The maximum Gasteiger partial charge on any atom is 0.297 e. The summed E-state index contributed by atoms with van der Waals surface area (Å²) in [6, 6.07) is 21.4. The van der Waals surface area contributed by atoms with Gasteiger partial charge in [-0.1, -0.05) is 38.1 Å². The number of aromatic amines is 1. The molecule has 3 N–H and O–H groups in total. The number of nitro benzene ring substituents is 1. The van der Waals surface area contributed by atoms with Crippen LogP contribution in [0.3, 0.4) is 0 Å². The number of sulfonamides is 1. The van der Waals surface area contributed by atoms with Crippen molar-refractivity contribution in [2.45, 2.75) is 99.9 Å². The van der Waals surface area contributed by atoms with Crippen LogP contribution >= 0.6 is 0 Å².